The van der Waals surface area contributed by atoms with E-state index in [0.29, 0.717) is 22.2 Å². The normalized spacial score (nSPS) is 10.7. The van der Waals surface area contributed by atoms with Crippen LogP contribution in [0.15, 0.2) is 54.7 Å². The van der Waals surface area contributed by atoms with Gasteiger partial charge in [-0.15, -0.1) is 0 Å². The number of nitrogens with zero attached hydrogens (tertiary/aromatic N) is 1. The van der Waals surface area contributed by atoms with E-state index in [1.807, 2.05) is 30.3 Å². The van der Waals surface area contributed by atoms with Crippen LogP contribution in [0.4, 0.5) is 10.5 Å². The first kappa shape index (κ1) is 13.9. The van der Waals surface area contributed by atoms with Crippen LogP contribution >= 0.6 is 0 Å². The molecule has 1 aromatic heterocycles. The van der Waals surface area contributed by atoms with E-state index in [-0.39, 0.29) is 12.2 Å². The number of anilines is 1. The maximum atomic E-state index is 12.6. The van der Waals surface area contributed by atoms with Crippen LogP contribution in [0.3, 0.4) is 0 Å². The van der Waals surface area contributed by atoms with Gasteiger partial charge in [-0.25, -0.2) is 4.79 Å². The summed E-state index contributed by atoms with van der Waals surface area (Å²) in [6.07, 6.45) is 1.75. The van der Waals surface area contributed by atoms with Gasteiger partial charge in [-0.05, 0) is 17.7 Å². The summed E-state index contributed by atoms with van der Waals surface area (Å²) < 4.78 is 1.25. The van der Waals surface area contributed by atoms with Crippen molar-refractivity contribution in [2.75, 3.05) is 5.73 Å². The number of Topliss-reactive ketones (excluding diaryl/α,β-unsaturated/α-hetero) is 1. The van der Waals surface area contributed by atoms with Crippen molar-refractivity contribution in [3.63, 3.8) is 0 Å². The molecule has 4 N–H and O–H groups in total. The quantitative estimate of drug-likeness (QED) is 0.574. The van der Waals surface area contributed by atoms with Crippen molar-refractivity contribution in [1.82, 2.24) is 4.57 Å². The van der Waals surface area contributed by atoms with Crippen LogP contribution in [0.5, 0.6) is 0 Å². The number of carbonyl (C=O) groups excluding carboxylic acids is 2. The Kier molecular flexibility index (Phi) is 3.39. The molecule has 3 aromatic rings. The lowest BCUT2D eigenvalue weighted by Crippen LogP contribution is -2.18. The highest BCUT2D eigenvalue weighted by Gasteiger charge is 2.17. The number of hydrogen-bond donors (Lipinski definition) is 2. The van der Waals surface area contributed by atoms with E-state index in [9.17, 15) is 9.59 Å². The SMILES string of the molecule is NC(=O)n1cc(C(=O)Cc2ccccc2)c2ccc(N)cc21. The van der Waals surface area contributed by atoms with E-state index >= 15 is 0 Å². The second-order valence-electron chi connectivity index (χ2n) is 5.11. The first-order valence-electron chi connectivity index (χ1n) is 6.84. The van der Waals surface area contributed by atoms with Gasteiger partial charge < -0.3 is 11.5 Å². The zero-order chi connectivity index (χ0) is 15.7. The van der Waals surface area contributed by atoms with Crippen LogP contribution in [-0.2, 0) is 6.42 Å². The Morgan fingerprint density at radius 1 is 1.05 bits per heavy atom. The van der Waals surface area contributed by atoms with Crippen molar-refractivity contribution in [2.24, 2.45) is 5.73 Å². The number of aromatic nitrogens is 1. The van der Waals surface area contributed by atoms with E-state index in [4.69, 9.17) is 11.5 Å². The monoisotopic (exact) mass is 293 g/mol. The summed E-state index contributed by atoms with van der Waals surface area (Å²) in [5.41, 5.74) is 13.6. The Balaban J connectivity index is 2.07. The van der Waals surface area contributed by atoms with Crippen LogP contribution in [0.2, 0.25) is 0 Å². The fraction of sp³-hybridized carbons (Fsp3) is 0.0588. The number of benzene rings is 2. The number of primary amides is 1. The fourth-order valence-electron chi connectivity index (χ4n) is 2.52. The average molecular weight is 293 g/mol. The number of nitrogens with two attached hydrogens (primary N) is 2. The number of fused-ring (bicyclic) bond motifs is 1. The fourth-order valence-corrected chi connectivity index (χ4v) is 2.52. The lowest BCUT2D eigenvalue weighted by atomic mass is 10.0. The molecule has 0 atom stereocenters. The molecule has 0 radical (unpaired) electrons. The summed E-state index contributed by atoms with van der Waals surface area (Å²) in [6.45, 7) is 0. The van der Waals surface area contributed by atoms with E-state index in [0.717, 1.165) is 5.56 Å². The van der Waals surface area contributed by atoms with Crippen molar-refractivity contribution in [3.8, 4) is 0 Å². The van der Waals surface area contributed by atoms with Crippen LogP contribution in [0.25, 0.3) is 10.9 Å². The predicted octanol–water partition coefficient (Wildman–Crippen LogP) is 2.58. The van der Waals surface area contributed by atoms with Crippen molar-refractivity contribution in [2.45, 2.75) is 6.42 Å². The minimum Gasteiger partial charge on any atom is -0.399 e. The van der Waals surface area contributed by atoms with Crippen LogP contribution in [-0.4, -0.2) is 16.4 Å². The molecule has 0 spiro atoms. The Morgan fingerprint density at radius 3 is 2.45 bits per heavy atom. The highest BCUT2D eigenvalue weighted by atomic mass is 16.2. The molecular weight excluding hydrogens is 278 g/mol. The second kappa shape index (κ2) is 5.37. The van der Waals surface area contributed by atoms with Gasteiger partial charge >= 0.3 is 6.03 Å². The molecule has 3 rings (SSSR count). The average Bonchev–Trinajstić information content (AvgIpc) is 2.87. The minimum absolute atomic E-state index is 0.0685. The summed E-state index contributed by atoms with van der Waals surface area (Å²) in [6, 6.07) is 13.9. The van der Waals surface area contributed by atoms with E-state index < -0.39 is 6.03 Å². The smallest absolute Gasteiger partial charge is 0.323 e. The zero-order valence-electron chi connectivity index (χ0n) is 11.8. The van der Waals surface area contributed by atoms with Gasteiger partial charge in [0, 0.05) is 29.3 Å². The van der Waals surface area contributed by atoms with Crippen LogP contribution < -0.4 is 11.5 Å². The number of nitrogen functional groups attached to an aromatic ring is 1. The highest BCUT2D eigenvalue weighted by Crippen LogP contribution is 2.25. The molecule has 0 aliphatic carbocycles. The molecule has 0 saturated carbocycles. The minimum atomic E-state index is -0.644. The molecule has 5 heteroatoms. The second-order valence-corrected chi connectivity index (χ2v) is 5.11. The summed E-state index contributed by atoms with van der Waals surface area (Å²) in [7, 11) is 0. The molecule has 0 fully saturated rings. The number of ketones is 1. The summed E-state index contributed by atoms with van der Waals surface area (Å²) >= 11 is 0. The molecule has 0 aliphatic heterocycles. The number of rotatable bonds is 3. The first-order valence-corrected chi connectivity index (χ1v) is 6.84. The molecule has 1 heterocycles. The largest absolute Gasteiger partial charge is 0.399 e. The Hall–Kier alpha value is -3.08. The summed E-state index contributed by atoms with van der Waals surface area (Å²) in [4.78, 5) is 24.1. The molecule has 0 bridgehead atoms. The lowest BCUT2D eigenvalue weighted by Gasteiger charge is -2.00. The van der Waals surface area contributed by atoms with Crippen molar-refractivity contribution >= 4 is 28.4 Å². The molecule has 22 heavy (non-hydrogen) atoms. The van der Waals surface area contributed by atoms with Gasteiger partial charge in [0.15, 0.2) is 5.78 Å². The van der Waals surface area contributed by atoms with Crippen molar-refractivity contribution in [3.05, 3.63) is 65.9 Å². The maximum absolute atomic E-state index is 12.6. The molecular formula is C17H15N3O2. The number of amides is 1. The molecule has 0 saturated heterocycles. The topological polar surface area (TPSA) is 91.1 Å². The standard InChI is InChI=1S/C17H15N3O2/c18-12-6-7-13-14(10-20(17(19)22)15(13)9-12)16(21)8-11-4-2-1-3-5-11/h1-7,9-10H,8,18H2,(H2,19,22). The van der Waals surface area contributed by atoms with E-state index in [1.54, 1.807) is 18.2 Å². The van der Waals surface area contributed by atoms with Crippen LogP contribution in [0.1, 0.15) is 15.9 Å². The molecule has 5 nitrogen and oxygen atoms in total. The third-order valence-corrected chi connectivity index (χ3v) is 3.58. The van der Waals surface area contributed by atoms with Gasteiger partial charge in [-0.1, -0.05) is 36.4 Å². The Morgan fingerprint density at radius 2 is 1.77 bits per heavy atom. The van der Waals surface area contributed by atoms with Gasteiger partial charge in [0.1, 0.15) is 0 Å². The van der Waals surface area contributed by atoms with Gasteiger partial charge in [-0.3, -0.25) is 9.36 Å². The first-order chi connectivity index (χ1) is 10.6. The molecule has 2 aromatic carbocycles. The van der Waals surface area contributed by atoms with Gasteiger partial charge in [0.05, 0.1) is 5.52 Å². The number of hydrogen-bond acceptors (Lipinski definition) is 3. The van der Waals surface area contributed by atoms with Gasteiger partial charge in [0.25, 0.3) is 0 Å². The molecule has 0 unspecified atom stereocenters. The number of carbonyl (C=O) groups is 2. The highest BCUT2D eigenvalue weighted by molar-refractivity contribution is 6.11. The molecule has 110 valence electrons. The lowest BCUT2D eigenvalue weighted by molar-refractivity contribution is 0.0994. The predicted molar refractivity (Wildman–Crippen MR) is 85.8 cm³/mol. The third kappa shape index (κ3) is 2.44. The van der Waals surface area contributed by atoms with Gasteiger partial charge in [-0.2, -0.15) is 0 Å². The van der Waals surface area contributed by atoms with E-state index in [1.165, 1.54) is 10.8 Å². The molecule has 0 aliphatic rings. The molecule has 1 amide bonds. The van der Waals surface area contributed by atoms with E-state index in [2.05, 4.69) is 0 Å². The van der Waals surface area contributed by atoms with Crippen LogP contribution in [0, 0.1) is 0 Å². The Labute approximate surface area is 127 Å². The summed E-state index contributed by atoms with van der Waals surface area (Å²) in [5.74, 6) is -0.0685. The summed E-state index contributed by atoms with van der Waals surface area (Å²) in [5, 5.41) is 0.675. The van der Waals surface area contributed by atoms with Crippen molar-refractivity contribution < 1.29 is 9.59 Å². The van der Waals surface area contributed by atoms with Gasteiger partial charge in [0.2, 0.25) is 0 Å². The Bertz CT molecular complexity index is 866. The maximum Gasteiger partial charge on any atom is 0.323 e. The zero-order valence-corrected chi connectivity index (χ0v) is 11.8. The van der Waals surface area contributed by atoms with Crippen molar-refractivity contribution in [1.29, 1.82) is 0 Å². The third-order valence-electron chi connectivity index (χ3n) is 3.58.